The monoisotopic (exact) mass is 475 g/mol. The van der Waals surface area contributed by atoms with Crippen molar-refractivity contribution in [3.8, 4) is 5.75 Å². The molecule has 0 N–H and O–H groups in total. The third kappa shape index (κ3) is 3.86. The van der Waals surface area contributed by atoms with Gasteiger partial charge in [-0.15, -0.1) is 0 Å². The molecular formula is C27H21N7O2. The van der Waals surface area contributed by atoms with Gasteiger partial charge in [0.05, 0.1) is 36.4 Å². The second kappa shape index (κ2) is 9.03. The predicted molar refractivity (Wildman–Crippen MR) is 139 cm³/mol. The van der Waals surface area contributed by atoms with Gasteiger partial charge in [0.2, 0.25) is 0 Å². The molecule has 0 amide bonds. The zero-order valence-corrected chi connectivity index (χ0v) is 19.4. The number of aryl methyl sites for hydroxylation is 2. The molecule has 0 aliphatic carbocycles. The molecule has 0 aliphatic heterocycles. The number of hydrogen-bond donors (Lipinski definition) is 0. The molecule has 9 heteroatoms. The highest BCUT2D eigenvalue weighted by Crippen LogP contribution is 2.25. The zero-order valence-electron chi connectivity index (χ0n) is 19.4. The molecular weight excluding hydrogens is 454 g/mol. The summed E-state index contributed by atoms with van der Waals surface area (Å²) in [5.74, 6) is 0.795. The van der Waals surface area contributed by atoms with Crippen LogP contribution in [0.1, 0.15) is 11.3 Å². The van der Waals surface area contributed by atoms with Gasteiger partial charge in [-0.05, 0) is 48.4 Å². The van der Waals surface area contributed by atoms with Crippen LogP contribution in [0, 0.1) is 0 Å². The Morgan fingerprint density at radius 2 is 1.69 bits per heavy atom. The van der Waals surface area contributed by atoms with E-state index in [1.54, 1.807) is 35.1 Å². The Morgan fingerprint density at radius 1 is 0.917 bits per heavy atom. The van der Waals surface area contributed by atoms with Crippen LogP contribution < -0.4 is 10.3 Å². The lowest BCUT2D eigenvalue weighted by Gasteiger charge is -2.06. The van der Waals surface area contributed by atoms with Crippen LogP contribution in [0.3, 0.4) is 0 Å². The van der Waals surface area contributed by atoms with Crippen LogP contribution in [0.2, 0.25) is 0 Å². The smallest absolute Gasteiger partial charge is 0.265 e. The molecule has 0 bridgehead atoms. The number of rotatable bonds is 6. The Hall–Kier alpha value is -4.92. The number of nitrogens with zero attached hydrogens (tertiary/aromatic N) is 7. The Bertz CT molecular complexity index is 1790. The first-order chi connectivity index (χ1) is 17.7. The van der Waals surface area contributed by atoms with Crippen LogP contribution >= 0.6 is 0 Å². The molecule has 0 unspecified atom stereocenters. The van der Waals surface area contributed by atoms with Crippen LogP contribution in [0.5, 0.6) is 5.75 Å². The molecule has 0 radical (unpaired) electrons. The number of ether oxygens (including phenoxy) is 1. The van der Waals surface area contributed by atoms with Crippen molar-refractivity contribution in [3.05, 3.63) is 101 Å². The van der Waals surface area contributed by atoms with Crippen LogP contribution in [0.15, 0.2) is 89.2 Å². The highest BCUT2D eigenvalue weighted by molar-refractivity contribution is 6.04. The summed E-state index contributed by atoms with van der Waals surface area (Å²) < 4.78 is 8.40. The molecule has 2 aromatic carbocycles. The standard InChI is InChI=1S/C27H21N7O2/c1-36-20-11-9-18(10-12-20)13-15-33-17-29-25-23(27(33)35)24-26(32-22-8-3-2-7-21(22)31-24)34(25)30-16-19-6-4-5-14-28-19/h2-12,14,16-17H,13,15H2,1H3. The van der Waals surface area contributed by atoms with Crippen molar-refractivity contribution in [2.45, 2.75) is 13.0 Å². The molecule has 176 valence electrons. The van der Waals surface area contributed by atoms with Gasteiger partial charge in [0.1, 0.15) is 16.7 Å². The molecule has 4 heterocycles. The summed E-state index contributed by atoms with van der Waals surface area (Å²) in [6, 6.07) is 20.9. The van der Waals surface area contributed by atoms with Crippen molar-refractivity contribution in [1.82, 2.24) is 29.2 Å². The van der Waals surface area contributed by atoms with E-state index in [1.165, 1.54) is 0 Å². The van der Waals surface area contributed by atoms with E-state index in [0.717, 1.165) is 11.3 Å². The Labute approximate surface area is 205 Å². The normalized spacial score (nSPS) is 11.7. The number of benzene rings is 2. The molecule has 0 saturated heterocycles. The lowest BCUT2D eigenvalue weighted by atomic mass is 10.1. The van der Waals surface area contributed by atoms with Crippen molar-refractivity contribution >= 4 is 39.4 Å². The molecule has 36 heavy (non-hydrogen) atoms. The average molecular weight is 476 g/mol. The number of aromatic nitrogens is 6. The first kappa shape index (κ1) is 21.6. The molecule has 0 spiro atoms. The van der Waals surface area contributed by atoms with Crippen molar-refractivity contribution in [2.24, 2.45) is 5.10 Å². The molecule has 0 atom stereocenters. The fourth-order valence-corrected chi connectivity index (χ4v) is 4.13. The molecule has 6 aromatic rings. The fourth-order valence-electron chi connectivity index (χ4n) is 4.13. The van der Waals surface area contributed by atoms with Crippen molar-refractivity contribution in [2.75, 3.05) is 7.11 Å². The molecule has 0 aliphatic rings. The number of hydrogen-bond acceptors (Lipinski definition) is 7. The number of pyridine rings is 1. The van der Waals surface area contributed by atoms with Crippen LogP contribution in [0.4, 0.5) is 0 Å². The molecule has 4 aromatic heterocycles. The Balaban J connectivity index is 1.49. The third-order valence-corrected chi connectivity index (χ3v) is 6.00. The van der Waals surface area contributed by atoms with Gasteiger partial charge in [-0.1, -0.05) is 30.3 Å². The lowest BCUT2D eigenvalue weighted by molar-refractivity contribution is 0.414. The Kier molecular flexibility index (Phi) is 5.42. The van der Waals surface area contributed by atoms with E-state index in [0.29, 0.717) is 51.9 Å². The highest BCUT2D eigenvalue weighted by Gasteiger charge is 2.19. The van der Waals surface area contributed by atoms with Gasteiger partial charge in [0.15, 0.2) is 11.3 Å². The molecule has 9 nitrogen and oxygen atoms in total. The van der Waals surface area contributed by atoms with Crippen LogP contribution in [-0.4, -0.2) is 42.5 Å². The van der Waals surface area contributed by atoms with Gasteiger partial charge >= 0.3 is 0 Å². The number of methoxy groups -OCH3 is 1. The van der Waals surface area contributed by atoms with E-state index < -0.39 is 0 Å². The maximum absolute atomic E-state index is 13.6. The minimum atomic E-state index is -0.185. The van der Waals surface area contributed by atoms with Gasteiger partial charge in [-0.25, -0.2) is 15.0 Å². The van der Waals surface area contributed by atoms with Gasteiger partial charge in [-0.2, -0.15) is 9.78 Å². The second-order valence-corrected chi connectivity index (χ2v) is 8.24. The minimum absolute atomic E-state index is 0.185. The number of fused-ring (bicyclic) bond motifs is 4. The first-order valence-corrected chi connectivity index (χ1v) is 11.5. The van der Waals surface area contributed by atoms with Gasteiger partial charge in [0.25, 0.3) is 5.56 Å². The summed E-state index contributed by atoms with van der Waals surface area (Å²) in [6.07, 6.45) is 5.54. The molecule has 0 saturated carbocycles. The van der Waals surface area contributed by atoms with Crippen molar-refractivity contribution < 1.29 is 4.74 Å². The summed E-state index contributed by atoms with van der Waals surface area (Å²) >= 11 is 0. The summed E-state index contributed by atoms with van der Waals surface area (Å²) in [6.45, 7) is 0.471. The predicted octanol–water partition coefficient (Wildman–Crippen LogP) is 3.82. The van der Waals surface area contributed by atoms with Gasteiger partial charge < -0.3 is 4.74 Å². The van der Waals surface area contributed by atoms with Gasteiger partial charge in [-0.3, -0.25) is 14.3 Å². The maximum Gasteiger partial charge on any atom is 0.265 e. The number of para-hydroxylation sites is 2. The van der Waals surface area contributed by atoms with E-state index in [-0.39, 0.29) is 5.56 Å². The summed E-state index contributed by atoms with van der Waals surface area (Å²) in [4.78, 5) is 32.1. The molecule has 6 rings (SSSR count). The third-order valence-electron chi connectivity index (χ3n) is 6.00. The quantitative estimate of drug-likeness (QED) is 0.340. The Morgan fingerprint density at radius 3 is 2.44 bits per heavy atom. The van der Waals surface area contributed by atoms with Crippen molar-refractivity contribution in [3.63, 3.8) is 0 Å². The van der Waals surface area contributed by atoms with E-state index in [2.05, 4.69) is 15.1 Å². The summed E-state index contributed by atoms with van der Waals surface area (Å²) in [7, 11) is 1.64. The van der Waals surface area contributed by atoms with Gasteiger partial charge in [0, 0.05) is 12.7 Å². The lowest BCUT2D eigenvalue weighted by Crippen LogP contribution is -2.21. The summed E-state index contributed by atoms with van der Waals surface area (Å²) in [5, 5.41) is 4.97. The molecule has 0 fully saturated rings. The first-order valence-electron chi connectivity index (χ1n) is 11.5. The zero-order chi connectivity index (χ0) is 24.5. The average Bonchev–Trinajstić information content (AvgIpc) is 3.24. The van der Waals surface area contributed by atoms with E-state index in [4.69, 9.17) is 14.7 Å². The van der Waals surface area contributed by atoms with Crippen LogP contribution in [-0.2, 0) is 13.0 Å². The highest BCUT2D eigenvalue weighted by atomic mass is 16.5. The van der Waals surface area contributed by atoms with Crippen LogP contribution in [0.25, 0.3) is 33.2 Å². The van der Waals surface area contributed by atoms with E-state index >= 15 is 0 Å². The fraction of sp³-hybridized carbons (Fsp3) is 0.111. The summed E-state index contributed by atoms with van der Waals surface area (Å²) in [5.41, 5.74) is 4.33. The second-order valence-electron chi connectivity index (χ2n) is 8.24. The SMILES string of the molecule is COc1ccc(CCn2cnc3c(c2=O)c2nc4ccccc4nc2n3N=Cc2ccccn2)cc1. The van der Waals surface area contributed by atoms with Crippen molar-refractivity contribution in [1.29, 1.82) is 0 Å². The maximum atomic E-state index is 13.6. The topological polar surface area (TPSA) is 100 Å². The minimum Gasteiger partial charge on any atom is -0.497 e. The van der Waals surface area contributed by atoms with E-state index in [9.17, 15) is 4.79 Å². The largest absolute Gasteiger partial charge is 0.497 e. The van der Waals surface area contributed by atoms with E-state index in [1.807, 2.05) is 66.7 Å².